The van der Waals surface area contributed by atoms with E-state index in [1.807, 2.05) is 12.1 Å². The van der Waals surface area contributed by atoms with Gasteiger partial charge in [-0.15, -0.1) is 0 Å². The first kappa shape index (κ1) is 20.9. The van der Waals surface area contributed by atoms with Gasteiger partial charge >= 0.3 is 0 Å². The molecule has 2 heterocycles. The highest BCUT2D eigenvalue weighted by atomic mass is 19.1. The molecule has 2 aromatic carbocycles. The van der Waals surface area contributed by atoms with Crippen LogP contribution in [-0.2, 0) is 13.0 Å². The number of fused-ring (bicyclic) bond motifs is 1. The Morgan fingerprint density at radius 3 is 2.50 bits per heavy atom. The molecule has 0 aliphatic carbocycles. The van der Waals surface area contributed by atoms with Gasteiger partial charge in [0.15, 0.2) is 11.5 Å². The lowest BCUT2D eigenvalue weighted by molar-refractivity contribution is 0.0937. The summed E-state index contributed by atoms with van der Waals surface area (Å²) in [6.45, 7) is 5.23. The summed E-state index contributed by atoms with van der Waals surface area (Å²) in [5.74, 6) is 1.45. The van der Waals surface area contributed by atoms with E-state index in [2.05, 4.69) is 34.1 Å². The molecular weight excluding hydrogens is 379 g/mol. The van der Waals surface area contributed by atoms with Crippen LogP contribution in [0.3, 0.4) is 0 Å². The van der Waals surface area contributed by atoms with Crippen molar-refractivity contribution >= 4 is 6.08 Å². The number of hydrogen-bond donors (Lipinski definition) is 0. The summed E-state index contributed by atoms with van der Waals surface area (Å²) < 4.78 is 24.0. The highest BCUT2D eigenvalue weighted by molar-refractivity contribution is 5.49. The predicted molar refractivity (Wildman–Crippen MR) is 119 cm³/mol. The van der Waals surface area contributed by atoms with Crippen molar-refractivity contribution in [2.24, 2.45) is 0 Å². The van der Waals surface area contributed by atoms with Crippen LogP contribution in [0, 0.1) is 5.82 Å². The highest BCUT2D eigenvalue weighted by Gasteiger charge is 2.28. The number of rotatable bonds is 6. The molecule has 30 heavy (non-hydrogen) atoms. The largest absolute Gasteiger partial charge is 0.493 e. The molecule has 1 atom stereocenters. The number of ether oxygens (including phenoxy) is 2. The first-order valence-corrected chi connectivity index (χ1v) is 10.8. The van der Waals surface area contributed by atoms with Gasteiger partial charge in [-0.25, -0.2) is 4.39 Å². The van der Waals surface area contributed by atoms with Gasteiger partial charge < -0.3 is 9.47 Å². The molecule has 0 saturated carbocycles. The van der Waals surface area contributed by atoms with Crippen LogP contribution in [0.15, 0.2) is 42.5 Å². The summed E-state index contributed by atoms with van der Waals surface area (Å²) in [6.07, 6.45) is 7.81. The van der Waals surface area contributed by atoms with Gasteiger partial charge in [-0.2, -0.15) is 0 Å². The second kappa shape index (κ2) is 9.63. The van der Waals surface area contributed by atoms with Gasteiger partial charge in [0, 0.05) is 32.2 Å². The first-order valence-electron chi connectivity index (χ1n) is 10.8. The van der Waals surface area contributed by atoms with Crippen molar-refractivity contribution in [2.75, 3.05) is 40.4 Å². The zero-order chi connectivity index (χ0) is 20.9. The molecule has 1 unspecified atom stereocenters. The van der Waals surface area contributed by atoms with Crippen molar-refractivity contribution in [2.45, 2.75) is 31.8 Å². The summed E-state index contributed by atoms with van der Waals surface area (Å²) in [5, 5.41) is 0. The van der Waals surface area contributed by atoms with Crippen LogP contribution in [0.25, 0.3) is 6.08 Å². The number of piperidine rings is 1. The Balaban J connectivity index is 1.36. The minimum absolute atomic E-state index is 0.190. The van der Waals surface area contributed by atoms with Crippen LogP contribution in [0.4, 0.5) is 4.39 Å². The second-order valence-corrected chi connectivity index (χ2v) is 8.21. The molecule has 0 amide bonds. The molecule has 4 nitrogen and oxygen atoms in total. The molecule has 160 valence electrons. The second-order valence-electron chi connectivity index (χ2n) is 8.21. The fourth-order valence-corrected chi connectivity index (χ4v) is 4.62. The van der Waals surface area contributed by atoms with Crippen LogP contribution < -0.4 is 9.47 Å². The van der Waals surface area contributed by atoms with Gasteiger partial charge in [-0.3, -0.25) is 9.80 Å². The zero-order valence-corrected chi connectivity index (χ0v) is 17.9. The number of benzene rings is 2. The Morgan fingerprint density at radius 2 is 1.77 bits per heavy atom. The molecule has 0 N–H and O–H groups in total. The minimum atomic E-state index is -0.190. The van der Waals surface area contributed by atoms with E-state index in [1.165, 1.54) is 36.1 Å². The molecule has 1 fully saturated rings. The monoisotopic (exact) mass is 410 g/mol. The lowest BCUT2D eigenvalue weighted by atomic mass is 9.95. The summed E-state index contributed by atoms with van der Waals surface area (Å²) in [5.41, 5.74) is 3.77. The van der Waals surface area contributed by atoms with E-state index in [0.717, 1.165) is 56.2 Å². The number of hydrogen-bond acceptors (Lipinski definition) is 4. The molecule has 2 aliphatic heterocycles. The van der Waals surface area contributed by atoms with Crippen LogP contribution in [0.5, 0.6) is 11.5 Å². The fraction of sp³-hybridized carbons (Fsp3) is 0.440. The van der Waals surface area contributed by atoms with E-state index in [-0.39, 0.29) is 5.82 Å². The number of methoxy groups -OCH3 is 2. The van der Waals surface area contributed by atoms with E-state index < -0.39 is 0 Å². The molecule has 5 heteroatoms. The van der Waals surface area contributed by atoms with Crippen LogP contribution >= 0.6 is 0 Å². The summed E-state index contributed by atoms with van der Waals surface area (Å²) in [6, 6.07) is 11.5. The molecule has 0 aromatic heterocycles. The molecule has 0 spiro atoms. The van der Waals surface area contributed by atoms with Crippen molar-refractivity contribution in [1.82, 2.24) is 9.80 Å². The van der Waals surface area contributed by atoms with Gasteiger partial charge in [0.2, 0.25) is 0 Å². The molecule has 0 radical (unpaired) electrons. The Bertz CT molecular complexity index is 881. The summed E-state index contributed by atoms with van der Waals surface area (Å²) in [4.78, 5) is 5.16. The lowest BCUT2D eigenvalue weighted by Crippen LogP contribution is -2.49. The van der Waals surface area contributed by atoms with Crippen molar-refractivity contribution in [1.29, 1.82) is 0 Å². The maximum atomic E-state index is 13.0. The van der Waals surface area contributed by atoms with Crippen molar-refractivity contribution < 1.29 is 13.9 Å². The van der Waals surface area contributed by atoms with E-state index in [4.69, 9.17) is 9.47 Å². The average Bonchev–Trinajstić information content (AvgIpc) is 2.79. The Morgan fingerprint density at radius 1 is 1.03 bits per heavy atom. The maximum absolute atomic E-state index is 13.0. The van der Waals surface area contributed by atoms with Crippen LogP contribution in [0.1, 0.15) is 29.5 Å². The highest BCUT2D eigenvalue weighted by Crippen LogP contribution is 2.34. The molecule has 2 aliphatic rings. The molecular formula is C25H31FN2O2. The quantitative estimate of drug-likeness (QED) is 0.706. The molecule has 2 aromatic rings. The normalized spacial score (nSPS) is 20.3. The van der Waals surface area contributed by atoms with E-state index in [0.29, 0.717) is 6.04 Å². The van der Waals surface area contributed by atoms with Gasteiger partial charge in [0.1, 0.15) is 5.82 Å². The molecule has 1 saturated heterocycles. The van der Waals surface area contributed by atoms with Gasteiger partial charge in [0.25, 0.3) is 0 Å². The van der Waals surface area contributed by atoms with Gasteiger partial charge in [0.05, 0.1) is 14.2 Å². The Labute approximate surface area is 178 Å². The molecule has 0 bridgehead atoms. The lowest BCUT2D eigenvalue weighted by Gasteiger charge is -2.41. The van der Waals surface area contributed by atoms with Crippen LogP contribution in [0.2, 0.25) is 0 Å². The third kappa shape index (κ3) is 4.85. The Kier molecular flexibility index (Phi) is 6.70. The van der Waals surface area contributed by atoms with Gasteiger partial charge in [-0.1, -0.05) is 24.3 Å². The smallest absolute Gasteiger partial charge is 0.161 e. The van der Waals surface area contributed by atoms with Crippen molar-refractivity contribution in [3.63, 3.8) is 0 Å². The summed E-state index contributed by atoms with van der Waals surface area (Å²) >= 11 is 0. The van der Waals surface area contributed by atoms with E-state index >= 15 is 0 Å². The molecule has 4 rings (SSSR count). The van der Waals surface area contributed by atoms with E-state index in [1.54, 1.807) is 14.2 Å². The SMILES string of the molecule is COc1cc2c(cc1OC)CN(C1CCCN(C/C=C/c3ccc(F)cc3)C1)CC2. The van der Waals surface area contributed by atoms with Crippen molar-refractivity contribution in [3.8, 4) is 11.5 Å². The number of nitrogens with zero attached hydrogens (tertiary/aromatic N) is 2. The Hall–Kier alpha value is -2.37. The maximum Gasteiger partial charge on any atom is 0.161 e. The fourth-order valence-electron chi connectivity index (χ4n) is 4.62. The zero-order valence-electron chi connectivity index (χ0n) is 17.9. The average molecular weight is 411 g/mol. The third-order valence-corrected chi connectivity index (χ3v) is 6.29. The minimum Gasteiger partial charge on any atom is -0.493 e. The number of halogens is 1. The number of likely N-dealkylation sites (tertiary alicyclic amines) is 1. The topological polar surface area (TPSA) is 24.9 Å². The van der Waals surface area contributed by atoms with E-state index in [9.17, 15) is 4.39 Å². The first-order chi connectivity index (χ1) is 14.7. The van der Waals surface area contributed by atoms with Gasteiger partial charge in [-0.05, 0) is 66.8 Å². The third-order valence-electron chi connectivity index (χ3n) is 6.29. The predicted octanol–water partition coefficient (Wildman–Crippen LogP) is 4.38. The standard InChI is InChI=1S/C25H31FN2O2/c1-29-24-15-20-11-14-28(17-21(20)16-25(24)30-2)23-6-4-13-27(18-23)12-3-5-19-7-9-22(26)10-8-19/h3,5,7-10,15-16,23H,4,6,11-14,17-18H2,1-2H3/b5-3+. The van der Waals surface area contributed by atoms with Crippen molar-refractivity contribution in [3.05, 3.63) is 65.0 Å². The summed E-state index contributed by atoms with van der Waals surface area (Å²) in [7, 11) is 3.39. The van der Waals surface area contributed by atoms with Crippen LogP contribution in [-0.4, -0.2) is 56.2 Å².